The number of rotatable bonds is 3. The van der Waals surface area contributed by atoms with Crippen molar-refractivity contribution in [3.8, 4) is 0 Å². The van der Waals surface area contributed by atoms with E-state index in [2.05, 4.69) is 9.71 Å². The van der Waals surface area contributed by atoms with Gasteiger partial charge in [-0.2, -0.15) is 8.42 Å². The first-order valence-electron chi connectivity index (χ1n) is 8.40. The Balaban J connectivity index is 1.81. The van der Waals surface area contributed by atoms with E-state index in [1.165, 1.54) is 0 Å². The first kappa shape index (κ1) is 16.6. The molecule has 134 valence electrons. The SMILES string of the molecule is CCn1c(=O)n(CC)c2cc(NC3=NS(=O)(=O)c4ccccc43)ccc21. The van der Waals surface area contributed by atoms with Crippen LogP contribution in [0.5, 0.6) is 0 Å². The number of fused-ring (bicyclic) bond motifs is 2. The molecule has 0 fully saturated rings. The molecule has 4 rings (SSSR count). The van der Waals surface area contributed by atoms with Crippen LogP contribution in [-0.2, 0) is 23.1 Å². The van der Waals surface area contributed by atoms with Gasteiger partial charge in [-0.15, -0.1) is 4.40 Å². The molecule has 0 aliphatic carbocycles. The lowest BCUT2D eigenvalue weighted by Gasteiger charge is -2.07. The van der Waals surface area contributed by atoms with Gasteiger partial charge in [0.1, 0.15) is 4.90 Å². The number of hydrogen-bond acceptors (Lipinski definition) is 4. The highest BCUT2D eigenvalue weighted by atomic mass is 32.2. The van der Waals surface area contributed by atoms with Crippen LogP contribution < -0.4 is 11.0 Å². The maximum absolute atomic E-state index is 12.5. The van der Waals surface area contributed by atoms with Gasteiger partial charge in [0.15, 0.2) is 5.84 Å². The maximum Gasteiger partial charge on any atom is 0.329 e. The second kappa shape index (κ2) is 5.84. The molecular formula is C18H18N4O3S. The lowest BCUT2D eigenvalue weighted by molar-refractivity contribution is 0.599. The van der Waals surface area contributed by atoms with E-state index in [1.807, 2.05) is 32.0 Å². The van der Waals surface area contributed by atoms with E-state index in [0.717, 1.165) is 11.0 Å². The van der Waals surface area contributed by atoms with Crippen LogP contribution in [0.4, 0.5) is 5.69 Å². The standard InChI is InChI=1S/C18H18N4O3S/c1-3-21-14-10-9-12(11-15(14)22(4-2)18(21)23)19-17-13-7-5-6-8-16(13)26(24,25)20-17/h5-11H,3-4H2,1-2H3,(H,19,20). The fraction of sp³-hybridized carbons (Fsp3) is 0.222. The molecule has 7 nitrogen and oxygen atoms in total. The van der Waals surface area contributed by atoms with Crippen LogP contribution in [0.15, 0.2) is 56.6 Å². The van der Waals surface area contributed by atoms with Gasteiger partial charge in [-0.1, -0.05) is 12.1 Å². The number of hydrogen-bond donors (Lipinski definition) is 1. The Morgan fingerprint density at radius 3 is 2.42 bits per heavy atom. The number of aryl methyl sites for hydroxylation is 2. The molecule has 2 heterocycles. The van der Waals surface area contributed by atoms with Gasteiger partial charge in [-0.3, -0.25) is 9.13 Å². The van der Waals surface area contributed by atoms with E-state index in [1.54, 1.807) is 33.4 Å². The molecular weight excluding hydrogens is 352 g/mol. The van der Waals surface area contributed by atoms with Crippen LogP contribution in [0, 0.1) is 0 Å². The molecule has 0 atom stereocenters. The Bertz CT molecular complexity index is 1220. The van der Waals surface area contributed by atoms with Crippen molar-refractivity contribution in [1.82, 2.24) is 9.13 Å². The summed E-state index contributed by atoms with van der Waals surface area (Å²) in [6.45, 7) is 5.00. The number of amidine groups is 1. The molecule has 1 aliphatic heterocycles. The molecule has 1 N–H and O–H groups in total. The largest absolute Gasteiger partial charge is 0.339 e. The van der Waals surface area contributed by atoms with Crippen molar-refractivity contribution in [2.75, 3.05) is 5.32 Å². The van der Waals surface area contributed by atoms with E-state index in [9.17, 15) is 13.2 Å². The van der Waals surface area contributed by atoms with Gasteiger partial charge >= 0.3 is 5.69 Å². The monoisotopic (exact) mass is 370 g/mol. The molecule has 0 unspecified atom stereocenters. The summed E-state index contributed by atoms with van der Waals surface area (Å²) < 4.78 is 31.6. The molecule has 3 aromatic rings. The minimum absolute atomic E-state index is 0.0479. The van der Waals surface area contributed by atoms with Crippen LogP contribution in [0.1, 0.15) is 19.4 Å². The van der Waals surface area contributed by atoms with E-state index >= 15 is 0 Å². The molecule has 26 heavy (non-hydrogen) atoms. The smallest absolute Gasteiger partial charge is 0.329 e. The van der Waals surface area contributed by atoms with Gasteiger partial charge in [0.25, 0.3) is 10.0 Å². The summed E-state index contributed by atoms with van der Waals surface area (Å²) >= 11 is 0. The van der Waals surface area contributed by atoms with Crippen LogP contribution >= 0.6 is 0 Å². The number of anilines is 1. The first-order valence-corrected chi connectivity index (χ1v) is 9.84. The van der Waals surface area contributed by atoms with Crippen molar-refractivity contribution >= 4 is 32.6 Å². The Morgan fingerprint density at radius 2 is 1.69 bits per heavy atom. The summed E-state index contributed by atoms with van der Waals surface area (Å²) in [7, 11) is -3.67. The number of nitrogens with zero attached hydrogens (tertiary/aromatic N) is 3. The van der Waals surface area contributed by atoms with Crippen LogP contribution in [0.3, 0.4) is 0 Å². The molecule has 1 aromatic heterocycles. The normalized spacial score (nSPS) is 15.1. The second-order valence-corrected chi connectivity index (χ2v) is 7.58. The molecule has 8 heteroatoms. The van der Waals surface area contributed by atoms with Crippen molar-refractivity contribution < 1.29 is 8.42 Å². The number of aromatic nitrogens is 2. The van der Waals surface area contributed by atoms with Crippen molar-refractivity contribution in [2.45, 2.75) is 31.8 Å². The fourth-order valence-electron chi connectivity index (χ4n) is 3.34. The quantitative estimate of drug-likeness (QED) is 0.767. The van der Waals surface area contributed by atoms with Crippen LogP contribution in [-0.4, -0.2) is 23.4 Å². The molecule has 0 saturated carbocycles. The summed E-state index contributed by atoms with van der Waals surface area (Å²) in [6, 6.07) is 12.3. The Hall–Kier alpha value is -2.87. The van der Waals surface area contributed by atoms with E-state index in [4.69, 9.17) is 0 Å². The lowest BCUT2D eigenvalue weighted by Crippen LogP contribution is -2.23. The lowest BCUT2D eigenvalue weighted by atomic mass is 10.2. The maximum atomic E-state index is 12.5. The highest BCUT2D eigenvalue weighted by molar-refractivity contribution is 7.90. The van der Waals surface area contributed by atoms with Crippen LogP contribution in [0.25, 0.3) is 11.0 Å². The number of nitrogens with one attached hydrogen (secondary N) is 1. The Morgan fingerprint density at radius 1 is 1.00 bits per heavy atom. The zero-order valence-corrected chi connectivity index (χ0v) is 15.2. The number of imidazole rings is 1. The molecule has 1 aliphatic rings. The zero-order valence-electron chi connectivity index (χ0n) is 14.4. The van der Waals surface area contributed by atoms with Gasteiger partial charge < -0.3 is 5.32 Å². The number of sulfonamides is 1. The van der Waals surface area contributed by atoms with Gasteiger partial charge in [-0.25, -0.2) is 4.79 Å². The average molecular weight is 370 g/mol. The molecule has 0 saturated heterocycles. The van der Waals surface area contributed by atoms with Gasteiger partial charge in [0, 0.05) is 24.3 Å². The second-order valence-electron chi connectivity index (χ2n) is 6.01. The summed E-state index contributed by atoms with van der Waals surface area (Å²) in [6.07, 6.45) is 0. The molecule has 0 bridgehead atoms. The van der Waals surface area contributed by atoms with Gasteiger partial charge in [-0.05, 0) is 44.2 Å². The van der Waals surface area contributed by atoms with Crippen LogP contribution in [0.2, 0.25) is 0 Å². The zero-order chi connectivity index (χ0) is 18.5. The van der Waals surface area contributed by atoms with Gasteiger partial charge in [0.05, 0.1) is 11.0 Å². The van der Waals surface area contributed by atoms with Crippen molar-refractivity contribution in [1.29, 1.82) is 0 Å². The van der Waals surface area contributed by atoms with Crippen molar-refractivity contribution in [3.63, 3.8) is 0 Å². The molecule has 0 spiro atoms. The minimum atomic E-state index is -3.67. The third-order valence-corrected chi connectivity index (χ3v) is 5.88. The highest BCUT2D eigenvalue weighted by Crippen LogP contribution is 2.27. The van der Waals surface area contributed by atoms with Crippen molar-refractivity contribution in [2.24, 2.45) is 4.40 Å². The molecule has 0 amide bonds. The van der Waals surface area contributed by atoms with E-state index in [0.29, 0.717) is 30.2 Å². The predicted molar refractivity (Wildman–Crippen MR) is 101 cm³/mol. The van der Waals surface area contributed by atoms with E-state index < -0.39 is 10.0 Å². The Kier molecular flexibility index (Phi) is 3.73. The Labute approximate surface area is 150 Å². The third kappa shape index (κ3) is 2.37. The summed E-state index contributed by atoms with van der Waals surface area (Å²) in [5, 5.41) is 3.09. The summed E-state index contributed by atoms with van der Waals surface area (Å²) in [5.74, 6) is 0.292. The van der Waals surface area contributed by atoms with E-state index in [-0.39, 0.29) is 10.6 Å². The summed E-state index contributed by atoms with van der Waals surface area (Å²) in [5.41, 5.74) is 2.84. The fourth-order valence-corrected chi connectivity index (χ4v) is 4.52. The minimum Gasteiger partial charge on any atom is -0.339 e. The molecule has 0 radical (unpaired) electrons. The number of benzene rings is 2. The van der Waals surface area contributed by atoms with Gasteiger partial charge in [0.2, 0.25) is 0 Å². The molecule has 2 aromatic carbocycles. The highest BCUT2D eigenvalue weighted by Gasteiger charge is 2.28. The summed E-state index contributed by atoms with van der Waals surface area (Å²) in [4.78, 5) is 12.7. The third-order valence-electron chi connectivity index (χ3n) is 4.55. The topological polar surface area (TPSA) is 85.5 Å². The van der Waals surface area contributed by atoms with Crippen molar-refractivity contribution in [3.05, 3.63) is 58.5 Å². The average Bonchev–Trinajstić information content (AvgIpc) is 3.04. The first-order chi connectivity index (χ1) is 12.5. The predicted octanol–water partition coefficient (Wildman–Crippen LogP) is 2.40.